The number of benzene rings is 1. The molecule has 22 heavy (non-hydrogen) atoms. The van der Waals surface area contributed by atoms with Crippen LogP contribution in [0.2, 0.25) is 0 Å². The predicted octanol–water partition coefficient (Wildman–Crippen LogP) is 1.06. The molecule has 1 saturated heterocycles. The summed E-state index contributed by atoms with van der Waals surface area (Å²) in [5, 5.41) is 11.3. The second-order valence-electron chi connectivity index (χ2n) is 5.20. The van der Waals surface area contributed by atoms with E-state index in [-0.39, 0.29) is 18.4 Å². The van der Waals surface area contributed by atoms with Gasteiger partial charge in [-0.2, -0.15) is 5.26 Å². The molecular formula is C16H19N3O3. The van der Waals surface area contributed by atoms with Gasteiger partial charge in [-0.05, 0) is 44.0 Å². The van der Waals surface area contributed by atoms with Crippen LogP contribution in [0.5, 0.6) is 5.75 Å². The van der Waals surface area contributed by atoms with Gasteiger partial charge in [0.05, 0.1) is 18.2 Å². The monoisotopic (exact) mass is 301 g/mol. The number of nitrogens with zero attached hydrogens (tertiary/aromatic N) is 2. The lowest BCUT2D eigenvalue weighted by Gasteiger charge is -2.17. The van der Waals surface area contributed by atoms with Crippen LogP contribution in [0.4, 0.5) is 0 Å². The van der Waals surface area contributed by atoms with Crippen LogP contribution in [0.15, 0.2) is 24.3 Å². The molecule has 0 spiro atoms. The first-order chi connectivity index (χ1) is 10.6. The minimum absolute atomic E-state index is 0.0000957. The third kappa shape index (κ3) is 4.22. The van der Waals surface area contributed by atoms with Crippen LogP contribution in [0, 0.1) is 11.3 Å². The van der Waals surface area contributed by atoms with Crippen LogP contribution in [-0.4, -0.2) is 42.5 Å². The molecule has 1 fully saturated rings. The first-order valence-electron chi connectivity index (χ1n) is 7.32. The van der Waals surface area contributed by atoms with Crippen molar-refractivity contribution in [2.24, 2.45) is 0 Å². The van der Waals surface area contributed by atoms with E-state index in [2.05, 4.69) is 5.32 Å². The molecule has 0 aliphatic carbocycles. The van der Waals surface area contributed by atoms with Gasteiger partial charge >= 0.3 is 0 Å². The highest BCUT2D eigenvalue weighted by Crippen LogP contribution is 2.13. The molecule has 1 N–H and O–H groups in total. The summed E-state index contributed by atoms with van der Waals surface area (Å²) in [6, 6.07) is 8.53. The largest absolute Gasteiger partial charge is 0.481 e. The average molecular weight is 301 g/mol. The number of hydrogen-bond donors (Lipinski definition) is 1. The van der Waals surface area contributed by atoms with Gasteiger partial charge in [0, 0.05) is 13.1 Å². The number of likely N-dealkylation sites (tertiary alicyclic amines) is 1. The van der Waals surface area contributed by atoms with Gasteiger partial charge in [-0.1, -0.05) is 0 Å². The topological polar surface area (TPSA) is 82.4 Å². The maximum absolute atomic E-state index is 11.9. The Morgan fingerprint density at radius 1 is 1.32 bits per heavy atom. The molecule has 2 rings (SSSR count). The standard InChI is InChI=1S/C16H19N3O3/c1-12(22-14-6-4-13(10-17)5-7-14)16(21)18-11-15(20)19-8-2-3-9-19/h4-7,12H,2-3,8-9,11H2,1H3,(H,18,21). The van der Waals surface area contributed by atoms with Gasteiger partial charge < -0.3 is 15.0 Å². The Labute approximate surface area is 129 Å². The number of carbonyl (C=O) groups is 2. The van der Waals surface area contributed by atoms with Crippen molar-refractivity contribution in [2.45, 2.75) is 25.9 Å². The number of nitrogens with one attached hydrogen (secondary N) is 1. The molecule has 0 bridgehead atoms. The molecule has 1 atom stereocenters. The number of amides is 2. The second kappa shape index (κ2) is 7.46. The van der Waals surface area contributed by atoms with Crippen LogP contribution < -0.4 is 10.1 Å². The molecular weight excluding hydrogens is 282 g/mol. The molecule has 1 heterocycles. The third-order valence-corrected chi connectivity index (χ3v) is 3.54. The van der Waals surface area contributed by atoms with Crippen LogP contribution in [0.1, 0.15) is 25.3 Å². The third-order valence-electron chi connectivity index (χ3n) is 3.54. The molecule has 0 aromatic heterocycles. The number of ether oxygens (including phenoxy) is 1. The van der Waals surface area contributed by atoms with Gasteiger partial charge in [0.2, 0.25) is 5.91 Å². The van der Waals surface area contributed by atoms with Crippen molar-refractivity contribution in [2.75, 3.05) is 19.6 Å². The summed E-state index contributed by atoms with van der Waals surface area (Å²) in [5.74, 6) is 0.112. The lowest BCUT2D eigenvalue weighted by molar-refractivity contribution is -0.134. The van der Waals surface area contributed by atoms with Crippen molar-refractivity contribution in [3.63, 3.8) is 0 Å². The van der Waals surface area contributed by atoms with Gasteiger partial charge in [-0.3, -0.25) is 9.59 Å². The van der Waals surface area contributed by atoms with E-state index in [0.717, 1.165) is 25.9 Å². The van der Waals surface area contributed by atoms with E-state index in [9.17, 15) is 9.59 Å². The number of rotatable bonds is 5. The first kappa shape index (κ1) is 15.8. The van der Waals surface area contributed by atoms with Crippen molar-refractivity contribution in [3.8, 4) is 11.8 Å². The van der Waals surface area contributed by atoms with Crippen molar-refractivity contribution in [3.05, 3.63) is 29.8 Å². The summed E-state index contributed by atoms with van der Waals surface area (Å²) >= 11 is 0. The summed E-state index contributed by atoms with van der Waals surface area (Å²) in [5.41, 5.74) is 0.528. The lowest BCUT2D eigenvalue weighted by Crippen LogP contribution is -2.43. The van der Waals surface area contributed by atoms with Gasteiger partial charge in [0.1, 0.15) is 5.75 Å². The van der Waals surface area contributed by atoms with Crippen molar-refractivity contribution in [1.82, 2.24) is 10.2 Å². The highest BCUT2D eigenvalue weighted by Gasteiger charge is 2.20. The summed E-state index contributed by atoms with van der Waals surface area (Å²) in [4.78, 5) is 25.5. The fourth-order valence-corrected chi connectivity index (χ4v) is 2.25. The zero-order chi connectivity index (χ0) is 15.9. The van der Waals surface area contributed by atoms with E-state index in [1.165, 1.54) is 0 Å². The molecule has 0 radical (unpaired) electrons. The fraction of sp³-hybridized carbons (Fsp3) is 0.438. The Morgan fingerprint density at radius 3 is 2.55 bits per heavy atom. The highest BCUT2D eigenvalue weighted by molar-refractivity contribution is 5.87. The summed E-state index contributed by atoms with van der Waals surface area (Å²) in [6.45, 7) is 3.16. The van der Waals surface area contributed by atoms with E-state index in [4.69, 9.17) is 10.00 Å². The van der Waals surface area contributed by atoms with E-state index in [1.807, 2.05) is 6.07 Å². The second-order valence-corrected chi connectivity index (χ2v) is 5.20. The Morgan fingerprint density at radius 2 is 1.95 bits per heavy atom. The molecule has 1 aliphatic rings. The summed E-state index contributed by atoms with van der Waals surface area (Å²) in [6.07, 6.45) is 1.34. The average Bonchev–Trinajstić information content (AvgIpc) is 3.07. The van der Waals surface area contributed by atoms with E-state index < -0.39 is 6.10 Å². The maximum Gasteiger partial charge on any atom is 0.261 e. The Hall–Kier alpha value is -2.55. The van der Waals surface area contributed by atoms with Gasteiger partial charge in [-0.15, -0.1) is 0 Å². The van der Waals surface area contributed by atoms with Crippen LogP contribution in [0.25, 0.3) is 0 Å². The first-order valence-corrected chi connectivity index (χ1v) is 7.32. The molecule has 1 unspecified atom stereocenters. The molecule has 0 saturated carbocycles. The van der Waals surface area contributed by atoms with Gasteiger partial charge in [-0.25, -0.2) is 0 Å². The number of nitriles is 1. The molecule has 116 valence electrons. The molecule has 6 nitrogen and oxygen atoms in total. The molecule has 1 aromatic carbocycles. The predicted molar refractivity (Wildman–Crippen MR) is 80.1 cm³/mol. The SMILES string of the molecule is CC(Oc1ccc(C#N)cc1)C(=O)NCC(=O)N1CCCC1. The van der Waals surface area contributed by atoms with Crippen molar-refractivity contribution < 1.29 is 14.3 Å². The number of hydrogen-bond acceptors (Lipinski definition) is 4. The van der Waals surface area contributed by atoms with Crippen LogP contribution in [-0.2, 0) is 9.59 Å². The normalized spacial score (nSPS) is 15.0. The quantitative estimate of drug-likeness (QED) is 0.881. The van der Waals surface area contributed by atoms with E-state index >= 15 is 0 Å². The molecule has 2 amide bonds. The highest BCUT2D eigenvalue weighted by atomic mass is 16.5. The van der Waals surface area contributed by atoms with Crippen molar-refractivity contribution >= 4 is 11.8 Å². The zero-order valence-corrected chi connectivity index (χ0v) is 12.5. The lowest BCUT2D eigenvalue weighted by atomic mass is 10.2. The van der Waals surface area contributed by atoms with Crippen molar-refractivity contribution in [1.29, 1.82) is 5.26 Å². The van der Waals surface area contributed by atoms with Gasteiger partial charge in [0.15, 0.2) is 6.10 Å². The van der Waals surface area contributed by atoms with E-state index in [0.29, 0.717) is 11.3 Å². The summed E-state index contributed by atoms with van der Waals surface area (Å²) < 4.78 is 5.49. The molecule has 1 aliphatic heterocycles. The zero-order valence-electron chi connectivity index (χ0n) is 12.5. The minimum atomic E-state index is -0.709. The Kier molecular flexibility index (Phi) is 5.37. The number of carbonyl (C=O) groups excluding carboxylic acids is 2. The maximum atomic E-state index is 11.9. The molecule has 1 aromatic rings. The van der Waals surface area contributed by atoms with E-state index in [1.54, 1.807) is 36.1 Å². The molecule has 6 heteroatoms. The van der Waals surface area contributed by atoms with Gasteiger partial charge in [0.25, 0.3) is 5.91 Å². The Balaban J connectivity index is 1.78. The van der Waals surface area contributed by atoms with Crippen LogP contribution in [0.3, 0.4) is 0 Å². The van der Waals surface area contributed by atoms with Crippen LogP contribution >= 0.6 is 0 Å². The fourth-order valence-electron chi connectivity index (χ4n) is 2.25. The summed E-state index contributed by atoms with van der Waals surface area (Å²) in [7, 11) is 0. The Bertz CT molecular complexity index is 571. The minimum Gasteiger partial charge on any atom is -0.481 e. The smallest absolute Gasteiger partial charge is 0.261 e.